The molecule has 11 heteroatoms. The number of hydrogen-bond acceptors (Lipinski definition) is 7. The van der Waals surface area contributed by atoms with Crippen molar-refractivity contribution in [3.8, 4) is 0 Å². The number of ether oxygens (including phenoxy) is 2. The van der Waals surface area contributed by atoms with Gasteiger partial charge in [-0.1, -0.05) is 54.6 Å². The van der Waals surface area contributed by atoms with Crippen LogP contribution in [0.15, 0.2) is 102 Å². The third-order valence-electron chi connectivity index (χ3n) is 7.04. The quantitative estimate of drug-likeness (QED) is 0.223. The standard InChI is InChI=1S/C31H26ClN3O7/c1-31(32)25(21-14-8-9-15-22(21)27(37)38)23(18-41-28(39)20-12-6-3-7-13-20)42-29(31)35-17-16-24(34-30(35)40)33-26(36)19-10-4-2-5-11-19/h2-17,23,25,29H,18H2,1H3,(H,37,38)(H,33,34,36,40)/t23-,25+,29+,31+/m0/s1. The maximum absolute atomic E-state index is 13.2. The predicted molar refractivity (Wildman–Crippen MR) is 154 cm³/mol. The molecule has 1 fully saturated rings. The average molecular weight is 588 g/mol. The summed E-state index contributed by atoms with van der Waals surface area (Å²) in [5, 5.41) is 12.5. The second-order valence-electron chi connectivity index (χ2n) is 9.84. The zero-order valence-corrected chi connectivity index (χ0v) is 23.1. The Hall–Kier alpha value is -4.80. The molecule has 1 amide bonds. The number of esters is 1. The van der Waals surface area contributed by atoms with Crippen LogP contribution in [-0.4, -0.2) is 50.1 Å². The molecule has 2 N–H and O–H groups in total. The highest BCUT2D eigenvalue weighted by Gasteiger charge is 2.55. The number of hydrogen-bond donors (Lipinski definition) is 2. The molecule has 42 heavy (non-hydrogen) atoms. The van der Waals surface area contributed by atoms with Crippen LogP contribution in [0.5, 0.6) is 0 Å². The summed E-state index contributed by atoms with van der Waals surface area (Å²) in [6.07, 6.45) is -0.667. The summed E-state index contributed by atoms with van der Waals surface area (Å²) in [7, 11) is 0. The highest BCUT2D eigenvalue weighted by Crippen LogP contribution is 2.52. The fourth-order valence-electron chi connectivity index (χ4n) is 5.09. The molecule has 0 saturated carbocycles. The third kappa shape index (κ3) is 5.81. The van der Waals surface area contributed by atoms with Gasteiger partial charge >= 0.3 is 17.6 Å². The van der Waals surface area contributed by atoms with E-state index in [1.807, 2.05) is 0 Å². The Bertz CT molecular complexity index is 1670. The van der Waals surface area contributed by atoms with Crippen LogP contribution in [0.1, 0.15) is 55.7 Å². The zero-order chi connectivity index (χ0) is 29.9. The number of carbonyl (C=O) groups excluding carboxylic acids is 2. The van der Waals surface area contributed by atoms with E-state index in [9.17, 15) is 24.3 Å². The van der Waals surface area contributed by atoms with Crippen molar-refractivity contribution in [2.24, 2.45) is 0 Å². The lowest BCUT2D eigenvalue weighted by Gasteiger charge is -2.30. The van der Waals surface area contributed by atoms with E-state index in [4.69, 9.17) is 21.1 Å². The van der Waals surface area contributed by atoms with Gasteiger partial charge in [0.25, 0.3) is 5.91 Å². The van der Waals surface area contributed by atoms with Gasteiger partial charge in [-0.2, -0.15) is 4.98 Å². The molecule has 4 atom stereocenters. The van der Waals surface area contributed by atoms with Gasteiger partial charge in [0.05, 0.1) is 16.0 Å². The summed E-state index contributed by atoms with van der Waals surface area (Å²) in [6, 6.07) is 24.6. The number of rotatable bonds is 8. The normalized spacial score (nSPS) is 21.4. The number of nitrogens with zero attached hydrogens (tertiary/aromatic N) is 2. The van der Waals surface area contributed by atoms with E-state index >= 15 is 0 Å². The van der Waals surface area contributed by atoms with Crippen LogP contribution >= 0.6 is 11.6 Å². The van der Waals surface area contributed by atoms with E-state index in [0.717, 1.165) is 0 Å². The van der Waals surface area contributed by atoms with Crippen molar-refractivity contribution in [2.45, 2.75) is 30.0 Å². The number of halogens is 1. The van der Waals surface area contributed by atoms with Crippen molar-refractivity contribution in [1.29, 1.82) is 0 Å². The number of carboxylic acid groups (broad SMARTS) is 1. The van der Waals surface area contributed by atoms with Crippen molar-refractivity contribution < 1.29 is 29.0 Å². The van der Waals surface area contributed by atoms with Crippen molar-refractivity contribution in [1.82, 2.24) is 9.55 Å². The molecule has 2 heterocycles. The summed E-state index contributed by atoms with van der Waals surface area (Å²) in [4.78, 5) is 53.1. The van der Waals surface area contributed by atoms with Crippen molar-refractivity contribution in [3.63, 3.8) is 0 Å². The second kappa shape index (κ2) is 12.0. The van der Waals surface area contributed by atoms with Crippen LogP contribution in [0.4, 0.5) is 5.82 Å². The minimum atomic E-state index is -1.39. The number of anilines is 1. The lowest BCUT2D eigenvalue weighted by atomic mass is 9.81. The maximum Gasteiger partial charge on any atom is 0.351 e. The molecule has 10 nitrogen and oxygen atoms in total. The summed E-state index contributed by atoms with van der Waals surface area (Å²) in [5.41, 5.74) is 0.325. The number of benzene rings is 3. The molecule has 3 aromatic carbocycles. The lowest BCUT2D eigenvalue weighted by molar-refractivity contribution is -0.0405. The zero-order valence-electron chi connectivity index (χ0n) is 22.3. The van der Waals surface area contributed by atoms with E-state index in [0.29, 0.717) is 16.7 Å². The molecule has 0 spiro atoms. The third-order valence-corrected chi connectivity index (χ3v) is 7.46. The number of aromatic nitrogens is 2. The number of alkyl halides is 1. The maximum atomic E-state index is 13.2. The minimum absolute atomic E-state index is 0.00227. The van der Waals surface area contributed by atoms with E-state index in [2.05, 4.69) is 10.3 Å². The minimum Gasteiger partial charge on any atom is -0.478 e. The van der Waals surface area contributed by atoms with E-state index in [-0.39, 0.29) is 18.0 Å². The fraction of sp³-hybridized carbons (Fsp3) is 0.194. The Morgan fingerprint density at radius 2 is 1.60 bits per heavy atom. The summed E-state index contributed by atoms with van der Waals surface area (Å²) in [5.74, 6) is -2.99. The fourth-order valence-corrected chi connectivity index (χ4v) is 5.50. The summed E-state index contributed by atoms with van der Waals surface area (Å²) < 4.78 is 13.0. The SMILES string of the molecule is C[C@@]1(Cl)[C@H](c2ccccc2C(=O)O)[C@H](COC(=O)c2ccccc2)O[C@H]1n1ccc(NC(=O)c2ccccc2)nc1=O. The van der Waals surface area contributed by atoms with Gasteiger partial charge in [-0.15, -0.1) is 11.6 Å². The number of nitrogens with one attached hydrogen (secondary N) is 1. The van der Waals surface area contributed by atoms with Crippen LogP contribution in [0, 0.1) is 0 Å². The number of carbonyl (C=O) groups is 3. The van der Waals surface area contributed by atoms with Gasteiger partial charge in [-0.25, -0.2) is 14.4 Å². The molecule has 1 aromatic heterocycles. The highest BCUT2D eigenvalue weighted by atomic mass is 35.5. The van der Waals surface area contributed by atoms with Gasteiger partial charge in [-0.3, -0.25) is 9.36 Å². The Morgan fingerprint density at radius 1 is 0.976 bits per heavy atom. The van der Waals surface area contributed by atoms with Crippen LogP contribution in [-0.2, 0) is 9.47 Å². The molecule has 214 valence electrons. The Labute approximate surface area is 245 Å². The van der Waals surface area contributed by atoms with Crippen molar-refractivity contribution >= 4 is 35.3 Å². The molecule has 1 aliphatic heterocycles. The van der Waals surface area contributed by atoms with Crippen LogP contribution in [0.25, 0.3) is 0 Å². The first kappa shape index (κ1) is 28.7. The molecule has 0 radical (unpaired) electrons. The monoisotopic (exact) mass is 587 g/mol. The smallest absolute Gasteiger partial charge is 0.351 e. The van der Waals surface area contributed by atoms with Gasteiger partial charge in [0.1, 0.15) is 18.5 Å². The van der Waals surface area contributed by atoms with E-state index in [1.165, 1.54) is 22.9 Å². The molecule has 0 unspecified atom stereocenters. The van der Waals surface area contributed by atoms with Crippen LogP contribution < -0.4 is 11.0 Å². The molecule has 0 aliphatic carbocycles. The number of amides is 1. The van der Waals surface area contributed by atoms with Gasteiger partial charge in [0, 0.05) is 17.7 Å². The number of aromatic carboxylic acids is 1. The van der Waals surface area contributed by atoms with Crippen LogP contribution in [0.3, 0.4) is 0 Å². The first-order chi connectivity index (χ1) is 20.2. The van der Waals surface area contributed by atoms with Crippen molar-refractivity contribution in [2.75, 3.05) is 11.9 Å². The van der Waals surface area contributed by atoms with E-state index in [1.54, 1.807) is 85.8 Å². The largest absolute Gasteiger partial charge is 0.478 e. The lowest BCUT2D eigenvalue weighted by Crippen LogP contribution is -2.38. The molecular weight excluding hydrogens is 562 g/mol. The number of carboxylic acids is 1. The Balaban J connectivity index is 1.46. The highest BCUT2D eigenvalue weighted by molar-refractivity contribution is 6.25. The predicted octanol–water partition coefficient (Wildman–Crippen LogP) is 4.73. The Kier molecular flexibility index (Phi) is 8.19. The first-order valence-corrected chi connectivity index (χ1v) is 13.4. The molecular formula is C31H26ClN3O7. The van der Waals surface area contributed by atoms with Gasteiger partial charge in [0.15, 0.2) is 6.23 Å². The van der Waals surface area contributed by atoms with E-state index < -0.39 is 46.7 Å². The molecule has 1 aliphatic rings. The van der Waals surface area contributed by atoms with Gasteiger partial charge in [0.2, 0.25) is 0 Å². The van der Waals surface area contributed by atoms with Gasteiger partial charge < -0.3 is 19.9 Å². The van der Waals surface area contributed by atoms with Crippen LogP contribution in [0.2, 0.25) is 0 Å². The van der Waals surface area contributed by atoms with Crippen molar-refractivity contribution in [3.05, 3.63) is 130 Å². The van der Waals surface area contributed by atoms with Gasteiger partial charge in [-0.05, 0) is 48.9 Å². The second-order valence-corrected chi connectivity index (χ2v) is 10.6. The summed E-state index contributed by atoms with van der Waals surface area (Å²) in [6.45, 7) is 1.36. The molecule has 5 rings (SSSR count). The first-order valence-electron chi connectivity index (χ1n) is 13.0. The molecule has 1 saturated heterocycles. The topological polar surface area (TPSA) is 137 Å². The molecule has 0 bridgehead atoms. The summed E-state index contributed by atoms with van der Waals surface area (Å²) >= 11 is 7.13. The average Bonchev–Trinajstić information content (AvgIpc) is 3.26. The molecule has 4 aromatic rings. The Morgan fingerprint density at radius 3 is 2.24 bits per heavy atom.